The van der Waals surface area contributed by atoms with Gasteiger partial charge in [0.1, 0.15) is 17.0 Å². The fourth-order valence-electron chi connectivity index (χ4n) is 3.41. The third kappa shape index (κ3) is 3.04. The molecular weight excluding hydrogens is 328 g/mol. The van der Waals surface area contributed by atoms with E-state index in [-0.39, 0.29) is 5.92 Å². The number of thiophene rings is 1. The van der Waals surface area contributed by atoms with Gasteiger partial charge < -0.3 is 9.80 Å². The van der Waals surface area contributed by atoms with Crippen LogP contribution < -0.4 is 4.90 Å². The second-order valence-electron chi connectivity index (χ2n) is 6.04. The predicted molar refractivity (Wildman–Crippen MR) is 96.3 cm³/mol. The molecular formula is C16H20N4OS2. The van der Waals surface area contributed by atoms with Crippen LogP contribution in [-0.2, 0) is 4.79 Å². The van der Waals surface area contributed by atoms with Crippen molar-refractivity contribution < 1.29 is 4.79 Å². The highest BCUT2D eigenvalue weighted by atomic mass is 32.2. The largest absolute Gasteiger partial charge is 0.356 e. The summed E-state index contributed by atoms with van der Waals surface area (Å²) in [6, 6.07) is 2.10. The van der Waals surface area contributed by atoms with Crippen LogP contribution in [0.1, 0.15) is 12.8 Å². The molecule has 0 N–H and O–H groups in total. The van der Waals surface area contributed by atoms with Crippen LogP contribution in [0.4, 0.5) is 5.82 Å². The Kier molecular flexibility index (Phi) is 4.39. The number of amides is 1. The van der Waals surface area contributed by atoms with Gasteiger partial charge in [0.05, 0.1) is 5.39 Å². The molecule has 23 heavy (non-hydrogen) atoms. The first-order chi connectivity index (χ1) is 11.3. The van der Waals surface area contributed by atoms with Crippen LogP contribution in [0.2, 0.25) is 0 Å². The highest BCUT2D eigenvalue weighted by Gasteiger charge is 2.30. The number of hydrogen-bond donors (Lipinski definition) is 0. The van der Waals surface area contributed by atoms with Crippen molar-refractivity contribution >= 4 is 45.0 Å². The van der Waals surface area contributed by atoms with Crippen molar-refractivity contribution in [2.75, 3.05) is 42.6 Å². The van der Waals surface area contributed by atoms with E-state index in [4.69, 9.17) is 0 Å². The van der Waals surface area contributed by atoms with Gasteiger partial charge in [-0.25, -0.2) is 9.97 Å². The lowest BCUT2D eigenvalue weighted by molar-refractivity contribution is -0.135. The summed E-state index contributed by atoms with van der Waals surface area (Å²) in [5, 5.41) is 3.20. The topological polar surface area (TPSA) is 49.3 Å². The molecule has 0 atom stereocenters. The number of carbonyl (C=O) groups is 1. The first-order valence-electron chi connectivity index (χ1n) is 8.12. The number of piperidine rings is 1. The molecule has 2 saturated heterocycles. The smallest absolute Gasteiger partial charge is 0.225 e. The third-order valence-electron chi connectivity index (χ3n) is 4.71. The Balaban J connectivity index is 1.42. The molecule has 0 unspecified atom stereocenters. The quantitative estimate of drug-likeness (QED) is 0.834. The van der Waals surface area contributed by atoms with E-state index in [1.54, 1.807) is 17.7 Å². The SMILES string of the molecule is O=C(C1CCN(c2ncnc3sccc23)CC1)N1CCSCC1. The van der Waals surface area contributed by atoms with Crippen LogP contribution in [0.3, 0.4) is 0 Å². The number of fused-ring (bicyclic) bond motifs is 1. The number of aromatic nitrogens is 2. The molecule has 2 aromatic rings. The second-order valence-corrected chi connectivity index (χ2v) is 8.15. The molecule has 1 amide bonds. The van der Waals surface area contributed by atoms with Gasteiger partial charge in [-0.05, 0) is 24.3 Å². The van der Waals surface area contributed by atoms with Crippen molar-refractivity contribution in [2.45, 2.75) is 12.8 Å². The van der Waals surface area contributed by atoms with Gasteiger partial charge in [-0.1, -0.05) is 0 Å². The number of hydrogen-bond acceptors (Lipinski definition) is 6. The number of nitrogens with zero attached hydrogens (tertiary/aromatic N) is 4. The molecule has 122 valence electrons. The lowest BCUT2D eigenvalue weighted by Crippen LogP contribution is -2.45. The van der Waals surface area contributed by atoms with Gasteiger partial charge in [0.15, 0.2) is 0 Å². The van der Waals surface area contributed by atoms with Crippen LogP contribution in [-0.4, -0.2) is 58.5 Å². The summed E-state index contributed by atoms with van der Waals surface area (Å²) in [4.78, 5) is 26.9. The molecule has 2 fully saturated rings. The fraction of sp³-hybridized carbons (Fsp3) is 0.562. The Morgan fingerprint density at radius 3 is 2.70 bits per heavy atom. The van der Waals surface area contributed by atoms with Crippen molar-refractivity contribution in [3.63, 3.8) is 0 Å². The summed E-state index contributed by atoms with van der Waals surface area (Å²) in [5.41, 5.74) is 0. The highest BCUT2D eigenvalue weighted by Crippen LogP contribution is 2.30. The Morgan fingerprint density at radius 1 is 1.13 bits per heavy atom. The number of anilines is 1. The van der Waals surface area contributed by atoms with Crippen molar-refractivity contribution in [1.82, 2.24) is 14.9 Å². The minimum absolute atomic E-state index is 0.189. The highest BCUT2D eigenvalue weighted by molar-refractivity contribution is 7.99. The Labute approximate surface area is 144 Å². The van der Waals surface area contributed by atoms with E-state index in [1.807, 2.05) is 11.8 Å². The lowest BCUT2D eigenvalue weighted by atomic mass is 9.95. The lowest BCUT2D eigenvalue weighted by Gasteiger charge is -2.36. The van der Waals surface area contributed by atoms with E-state index in [9.17, 15) is 4.79 Å². The molecule has 0 aromatic carbocycles. The zero-order valence-electron chi connectivity index (χ0n) is 13.0. The van der Waals surface area contributed by atoms with Gasteiger partial charge in [-0.2, -0.15) is 11.8 Å². The van der Waals surface area contributed by atoms with Crippen LogP contribution in [0.25, 0.3) is 10.2 Å². The molecule has 7 heteroatoms. The van der Waals surface area contributed by atoms with E-state index in [2.05, 4.69) is 31.2 Å². The van der Waals surface area contributed by atoms with Gasteiger partial charge in [0.25, 0.3) is 0 Å². The Bertz CT molecular complexity index is 690. The van der Waals surface area contributed by atoms with Crippen molar-refractivity contribution in [3.8, 4) is 0 Å². The zero-order valence-corrected chi connectivity index (χ0v) is 14.6. The summed E-state index contributed by atoms with van der Waals surface area (Å²) in [7, 11) is 0. The van der Waals surface area contributed by atoms with Crippen molar-refractivity contribution in [1.29, 1.82) is 0 Å². The molecule has 2 aliphatic heterocycles. The van der Waals surface area contributed by atoms with Crippen LogP contribution in [0, 0.1) is 5.92 Å². The maximum atomic E-state index is 12.6. The summed E-state index contributed by atoms with van der Waals surface area (Å²) in [6.07, 6.45) is 3.51. The predicted octanol–water partition coefficient (Wildman–Crippen LogP) is 2.48. The van der Waals surface area contributed by atoms with Gasteiger partial charge in [0, 0.05) is 43.6 Å². The monoisotopic (exact) mass is 348 g/mol. The van der Waals surface area contributed by atoms with E-state index in [0.29, 0.717) is 5.91 Å². The molecule has 0 bridgehead atoms. The number of rotatable bonds is 2. The molecule has 4 heterocycles. The van der Waals surface area contributed by atoms with Gasteiger partial charge in [0.2, 0.25) is 5.91 Å². The zero-order chi connectivity index (χ0) is 15.6. The first kappa shape index (κ1) is 15.2. The van der Waals surface area contributed by atoms with Gasteiger partial charge in [-0.15, -0.1) is 11.3 Å². The summed E-state index contributed by atoms with van der Waals surface area (Å²) in [6.45, 7) is 3.65. The molecule has 0 radical (unpaired) electrons. The average Bonchev–Trinajstić information content (AvgIpc) is 3.11. The standard InChI is InChI=1S/C16H20N4OS2/c21-16(20-6-9-22-10-7-20)12-1-4-19(5-2-12)14-13-3-8-23-15(13)18-11-17-14/h3,8,11-12H,1-2,4-7,9-10H2. The van der Waals surface area contributed by atoms with Crippen molar-refractivity contribution in [2.24, 2.45) is 5.92 Å². The van der Waals surface area contributed by atoms with Gasteiger partial charge in [-0.3, -0.25) is 4.79 Å². The van der Waals surface area contributed by atoms with E-state index < -0.39 is 0 Å². The molecule has 0 saturated carbocycles. The maximum Gasteiger partial charge on any atom is 0.225 e. The summed E-state index contributed by atoms with van der Waals surface area (Å²) < 4.78 is 0. The second kappa shape index (κ2) is 6.65. The van der Waals surface area contributed by atoms with E-state index >= 15 is 0 Å². The third-order valence-corrected chi connectivity index (χ3v) is 6.47. The van der Waals surface area contributed by atoms with Crippen LogP contribution >= 0.6 is 23.1 Å². The summed E-state index contributed by atoms with van der Waals surface area (Å²) >= 11 is 3.60. The Hall–Kier alpha value is -1.34. The van der Waals surface area contributed by atoms with E-state index in [0.717, 1.165) is 66.6 Å². The fourth-order valence-corrected chi connectivity index (χ4v) is 5.04. The molecule has 2 aromatic heterocycles. The van der Waals surface area contributed by atoms with E-state index in [1.165, 1.54) is 0 Å². The molecule has 0 aliphatic carbocycles. The number of carbonyl (C=O) groups excluding carboxylic acids is 1. The van der Waals surface area contributed by atoms with Crippen LogP contribution in [0.15, 0.2) is 17.8 Å². The normalized spacial score (nSPS) is 20.2. The minimum atomic E-state index is 0.189. The average molecular weight is 348 g/mol. The van der Waals surface area contributed by atoms with Crippen LogP contribution in [0.5, 0.6) is 0 Å². The molecule has 4 rings (SSSR count). The molecule has 0 spiro atoms. The molecule has 5 nitrogen and oxygen atoms in total. The maximum absolute atomic E-state index is 12.6. The Morgan fingerprint density at radius 2 is 1.91 bits per heavy atom. The van der Waals surface area contributed by atoms with Crippen molar-refractivity contribution in [3.05, 3.63) is 17.8 Å². The van der Waals surface area contributed by atoms with Gasteiger partial charge >= 0.3 is 0 Å². The number of thioether (sulfide) groups is 1. The first-order valence-corrected chi connectivity index (χ1v) is 10.2. The molecule has 2 aliphatic rings. The summed E-state index contributed by atoms with van der Waals surface area (Å²) in [5.74, 6) is 3.75. The minimum Gasteiger partial charge on any atom is -0.356 e.